The summed E-state index contributed by atoms with van der Waals surface area (Å²) in [5.74, 6) is -0.236. The van der Waals surface area contributed by atoms with E-state index in [2.05, 4.69) is 14.9 Å². The Morgan fingerprint density at radius 1 is 1.14 bits per heavy atom. The third-order valence-electron chi connectivity index (χ3n) is 3.00. The summed E-state index contributed by atoms with van der Waals surface area (Å²) in [5, 5.41) is 4.21. The molecule has 0 saturated carbocycles. The molecule has 0 spiro atoms. The highest BCUT2D eigenvalue weighted by Crippen LogP contribution is 2.28. The second-order valence-electron chi connectivity index (χ2n) is 4.35. The molecule has 1 aromatic carbocycles. The largest absolute Gasteiger partial charge is 0.382 e. The van der Waals surface area contributed by atoms with Crippen LogP contribution in [0.4, 0.5) is 15.9 Å². The van der Waals surface area contributed by atoms with Gasteiger partial charge in [0.1, 0.15) is 11.6 Å². The minimum Gasteiger partial charge on any atom is -0.382 e. The van der Waals surface area contributed by atoms with Crippen molar-refractivity contribution in [2.75, 3.05) is 5.73 Å². The van der Waals surface area contributed by atoms with Gasteiger partial charge in [-0.15, -0.1) is 0 Å². The van der Waals surface area contributed by atoms with Crippen molar-refractivity contribution < 1.29 is 4.39 Å². The number of hydrogen-bond donors (Lipinski definition) is 1. The Kier molecular flexibility index (Phi) is 3.09. The van der Waals surface area contributed by atoms with Gasteiger partial charge < -0.3 is 5.73 Å². The van der Waals surface area contributed by atoms with Crippen LogP contribution < -0.4 is 5.73 Å². The molecule has 0 aliphatic heterocycles. The first-order chi connectivity index (χ1) is 10.2. The second-order valence-corrected chi connectivity index (χ2v) is 4.35. The molecule has 0 aliphatic rings. The monoisotopic (exact) mass is 279 g/mol. The van der Waals surface area contributed by atoms with Crippen LogP contribution in [-0.4, -0.2) is 14.8 Å². The van der Waals surface area contributed by atoms with Crippen molar-refractivity contribution >= 4 is 11.5 Å². The molecule has 0 radical (unpaired) electrons. The van der Waals surface area contributed by atoms with Crippen molar-refractivity contribution in [3.63, 3.8) is 0 Å². The van der Waals surface area contributed by atoms with Gasteiger partial charge in [-0.1, -0.05) is 12.1 Å². The second kappa shape index (κ2) is 5.06. The summed E-state index contributed by atoms with van der Waals surface area (Å²) in [7, 11) is 0. The van der Waals surface area contributed by atoms with Crippen LogP contribution in [0.3, 0.4) is 0 Å². The van der Waals surface area contributed by atoms with E-state index in [-0.39, 0.29) is 5.69 Å². The molecule has 3 aromatic rings. The molecule has 0 fully saturated rings. The van der Waals surface area contributed by atoms with Crippen LogP contribution in [0.1, 0.15) is 0 Å². The maximum Gasteiger partial charge on any atom is 0.222 e. The lowest BCUT2D eigenvalue weighted by Crippen LogP contribution is -2.00. The fraction of sp³-hybridized carbons (Fsp3) is 0. The van der Waals surface area contributed by atoms with Crippen LogP contribution in [0, 0.1) is 12.4 Å². The lowest BCUT2D eigenvalue weighted by atomic mass is 10.1. The van der Waals surface area contributed by atoms with E-state index in [1.165, 1.54) is 12.1 Å². The van der Waals surface area contributed by atoms with Gasteiger partial charge in [0.05, 0.1) is 18.0 Å². The number of nitrogens with two attached hydrogens (primary N) is 1. The lowest BCUT2D eigenvalue weighted by Gasteiger charge is -2.07. The van der Waals surface area contributed by atoms with Crippen LogP contribution >= 0.6 is 0 Å². The molecule has 0 atom stereocenters. The van der Waals surface area contributed by atoms with Crippen molar-refractivity contribution in [1.29, 1.82) is 0 Å². The maximum absolute atomic E-state index is 13.8. The van der Waals surface area contributed by atoms with Gasteiger partial charge in [0.25, 0.3) is 0 Å². The Morgan fingerprint density at radius 2 is 1.90 bits per heavy atom. The smallest absolute Gasteiger partial charge is 0.222 e. The average Bonchev–Trinajstić information content (AvgIpc) is 2.90. The molecule has 102 valence electrons. The van der Waals surface area contributed by atoms with Gasteiger partial charge in [-0.25, -0.2) is 13.9 Å². The van der Waals surface area contributed by atoms with Crippen LogP contribution in [0.25, 0.3) is 21.8 Å². The third-order valence-corrected chi connectivity index (χ3v) is 3.00. The first-order valence-electron chi connectivity index (χ1n) is 6.12. The zero-order chi connectivity index (χ0) is 14.8. The van der Waals surface area contributed by atoms with E-state index in [0.29, 0.717) is 17.1 Å². The molecule has 0 amide bonds. The summed E-state index contributed by atoms with van der Waals surface area (Å²) < 4.78 is 15.4. The number of pyridine rings is 1. The quantitative estimate of drug-likeness (QED) is 0.733. The topological polar surface area (TPSA) is 61.1 Å². The molecule has 2 heterocycles. The lowest BCUT2D eigenvalue weighted by molar-refractivity contribution is 0.634. The predicted molar refractivity (Wildman–Crippen MR) is 77.4 cm³/mol. The minimum atomic E-state index is -0.566. The van der Waals surface area contributed by atoms with Gasteiger partial charge >= 0.3 is 0 Å². The molecule has 5 nitrogen and oxygen atoms in total. The standard InChI is InChI=1S/C15H10FN5/c1-18-13-3-2-10(8-12(13)16)14-9-15(17)20-21(14)11-4-6-19-7-5-11/h2-9H,(H2,17,20). The minimum absolute atomic E-state index is 0.0123. The van der Waals surface area contributed by atoms with E-state index < -0.39 is 5.82 Å². The highest BCUT2D eigenvalue weighted by molar-refractivity contribution is 5.68. The number of benzene rings is 1. The summed E-state index contributed by atoms with van der Waals surface area (Å²) in [6.45, 7) is 6.88. The van der Waals surface area contributed by atoms with E-state index in [0.717, 1.165) is 5.69 Å². The third kappa shape index (κ3) is 2.32. The Labute approximate surface area is 120 Å². The maximum atomic E-state index is 13.8. The number of anilines is 1. The normalized spacial score (nSPS) is 10.3. The molecule has 0 aliphatic carbocycles. The zero-order valence-corrected chi connectivity index (χ0v) is 10.9. The Hall–Kier alpha value is -3.20. The highest BCUT2D eigenvalue weighted by atomic mass is 19.1. The van der Waals surface area contributed by atoms with Gasteiger partial charge in [0.15, 0.2) is 0 Å². The van der Waals surface area contributed by atoms with Gasteiger partial charge in [-0.05, 0) is 18.2 Å². The number of nitrogens with zero attached hydrogens (tertiary/aromatic N) is 4. The molecular formula is C15H10FN5. The van der Waals surface area contributed by atoms with Gasteiger partial charge in [0, 0.05) is 24.0 Å². The zero-order valence-electron chi connectivity index (χ0n) is 10.9. The molecule has 0 unspecified atom stereocenters. The number of hydrogen-bond acceptors (Lipinski definition) is 3. The fourth-order valence-corrected chi connectivity index (χ4v) is 2.04. The van der Waals surface area contributed by atoms with Crippen molar-refractivity contribution in [2.45, 2.75) is 0 Å². The number of halogens is 1. The van der Waals surface area contributed by atoms with E-state index in [9.17, 15) is 4.39 Å². The van der Waals surface area contributed by atoms with Crippen molar-refractivity contribution in [1.82, 2.24) is 14.8 Å². The molecule has 2 N–H and O–H groups in total. The van der Waals surface area contributed by atoms with E-state index in [1.807, 2.05) is 0 Å². The number of nitrogen functional groups attached to an aromatic ring is 1. The predicted octanol–water partition coefficient (Wildman–Crippen LogP) is 3.21. The van der Waals surface area contributed by atoms with Crippen LogP contribution in [-0.2, 0) is 0 Å². The van der Waals surface area contributed by atoms with E-state index in [4.69, 9.17) is 12.3 Å². The van der Waals surface area contributed by atoms with Crippen LogP contribution in [0.15, 0.2) is 48.8 Å². The van der Waals surface area contributed by atoms with Crippen molar-refractivity contribution in [3.8, 4) is 16.9 Å². The molecule has 0 saturated heterocycles. The Balaban J connectivity index is 2.16. The Morgan fingerprint density at radius 3 is 2.57 bits per heavy atom. The molecule has 21 heavy (non-hydrogen) atoms. The SMILES string of the molecule is [C-]#[N+]c1ccc(-c2cc(N)nn2-c2ccncc2)cc1F. The number of rotatable bonds is 2. The molecule has 3 rings (SSSR count). The summed E-state index contributed by atoms with van der Waals surface area (Å²) in [6, 6.07) is 9.64. The van der Waals surface area contributed by atoms with Crippen molar-refractivity contribution in [2.24, 2.45) is 0 Å². The average molecular weight is 279 g/mol. The molecule has 0 bridgehead atoms. The first-order valence-corrected chi connectivity index (χ1v) is 6.12. The van der Waals surface area contributed by atoms with Crippen molar-refractivity contribution in [3.05, 3.63) is 66.0 Å². The molecule has 6 heteroatoms. The fourth-order valence-electron chi connectivity index (χ4n) is 2.04. The van der Waals surface area contributed by atoms with Gasteiger partial charge in [0.2, 0.25) is 5.69 Å². The van der Waals surface area contributed by atoms with E-state index >= 15 is 0 Å². The van der Waals surface area contributed by atoms with Crippen LogP contribution in [0.2, 0.25) is 0 Å². The summed E-state index contributed by atoms with van der Waals surface area (Å²) in [6.07, 6.45) is 3.28. The summed E-state index contributed by atoms with van der Waals surface area (Å²) >= 11 is 0. The van der Waals surface area contributed by atoms with E-state index in [1.54, 1.807) is 41.3 Å². The summed E-state index contributed by atoms with van der Waals surface area (Å²) in [4.78, 5) is 7.06. The molecular weight excluding hydrogens is 269 g/mol. The number of aromatic nitrogens is 3. The van der Waals surface area contributed by atoms with Crippen LogP contribution in [0.5, 0.6) is 0 Å². The Bertz CT molecular complexity index is 833. The van der Waals surface area contributed by atoms with Gasteiger partial charge in [-0.3, -0.25) is 4.98 Å². The summed E-state index contributed by atoms with van der Waals surface area (Å²) in [5.41, 5.74) is 7.76. The highest BCUT2D eigenvalue weighted by Gasteiger charge is 2.12. The first kappa shape index (κ1) is 12.8. The molecule has 2 aromatic heterocycles. The van der Waals surface area contributed by atoms with Gasteiger partial charge in [-0.2, -0.15) is 5.10 Å².